The molecular weight excluding hydrogens is 360 g/mol. The third kappa shape index (κ3) is 5.01. The van der Waals surface area contributed by atoms with E-state index in [1.165, 1.54) is 12.8 Å². The highest BCUT2D eigenvalue weighted by atomic mass is 15.2. The minimum atomic E-state index is 0.443. The molecule has 0 aliphatic heterocycles. The van der Waals surface area contributed by atoms with E-state index in [9.17, 15) is 0 Å². The summed E-state index contributed by atoms with van der Waals surface area (Å²) in [5, 5.41) is 8.24. The van der Waals surface area contributed by atoms with Gasteiger partial charge >= 0.3 is 0 Å². The SMILES string of the molecule is CN(C)c1nc(NC2CCC(CNCc3ccccn3)CC2)nc2ccccc12. The van der Waals surface area contributed by atoms with Gasteiger partial charge in [0.1, 0.15) is 5.82 Å². The average molecular weight is 391 g/mol. The predicted molar refractivity (Wildman–Crippen MR) is 119 cm³/mol. The maximum atomic E-state index is 4.78. The number of nitrogens with one attached hydrogen (secondary N) is 2. The first-order chi connectivity index (χ1) is 14.2. The van der Waals surface area contributed by atoms with Crippen molar-refractivity contribution in [3.05, 3.63) is 54.4 Å². The van der Waals surface area contributed by atoms with Crippen molar-refractivity contribution in [2.45, 2.75) is 38.3 Å². The van der Waals surface area contributed by atoms with Gasteiger partial charge in [0.05, 0.1) is 11.2 Å². The Morgan fingerprint density at radius 3 is 2.52 bits per heavy atom. The van der Waals surface area contributed by atoms with Crippen molar-refractivity contribution >= 4 is 22.7 Å². The van der Waals surface area contributed by atoms with Crippen molar-refractivity contribution in [3.8, 4) is 0 Å². The number of benzene rings is 1. The van der Waals surface area contributed by atoms with Crippen molar-refractivity contribution < 1.29 is 0 Å². The van der Waals surface area contributed by atoms with Crippen LogP contribution in [0.4, 0.5) is 11.8 Å². The molecule has 1 aliphatic rings. The molecule has 0 radical (unpaired) electrons. The Balaban J connectivity index is 1.30. The molecule has 29 heavy (non-hydrogen) atoms. The second-order valence-corrected chi connectivity index (χ2v) is 8.10. The van der Waals surface area contributed by atoms with Crippen LogP contribution in [-0.2, 0) is 6.54 Å². The van der Waals surface area contributed by atoms with Crippen LogP contribution in [0.25, 0.3) is 10.9 Å². The van der Waals surface area contributed by atoms with Crippen molar-refractivity contribution in [3.63, 3.8) is 0 Å². The van der Waals surface area contributed by atoms with E-state index in [2.05, 4.69) is 38.7 Å². The summed E-state index contributed by atoms with van der Waals surface area (Å²) in [5.41, 5.74) is 2.09. The summed E-state index contributed by atoms with van der Waals surface area (Å²) in [6, 6.07) is 14.7. The lowest BCUT2D eigenvalue weighted by Gasteiger charge is -2.29. The van der Waals surface area contributed by atoms with Crippen molar-refractivity contribution in [2.75, 3.05) is 30.9 Å². The number of para-hydroxylation sites is 1. The van der Waals surface area contributed by atoms with Gasteiger partial charge in [-0.3, -0.25) is 4.98 Å². The van der Waals surface area contributed by atoms with Crippen LogP contribution in [0.15, 0.2) is 48.7 Å². The van der Waals surface area contributed by atoms with Gasteiger partial charge in [0.2, 0.25) is 5.95 Å². The van der Waals surface area contributed by atoms with Crippen LogP contribution in [0.2, 0.25) is 0 Å². The molecule has 0 bridgehead atoms. The zero-order valence-electron chi connectivity index (χ0n) is 17.3. The van der Waals surface area contributed by atoms with Crippen molar-refractivity contribution in [1.82, 2.24) is 20.3 Å². The molecule has 0 spiro atoms. The monoisotopic (exact) mass is 390 g/mol. The highest BCUT2D eigenvalue weighted by Crippen LogP contribution is 2.28. The van der Waals surface area contributed by atoms with Gasteiger partial charge in [0.25, 0.3) is 0 Å². The number of rotatable bonds is 7. The summed E-state index contributed by atoms with van der Waals surface area (Å²) in [6.07, 6.45) is 6.61. The highest BCUT2D eigenvalue weighted by Gasteiger charge is 2.22. The Hall–Kier alpha value is -2.73. The standard InChI is InChI=1S/C23H30N6/c1-29(2)22-20-8-3-4-9-21(20)27-23(28-22)26-18-12-10-17(11-13-18)15-24-16-19-7-5-6-14-25-19/h3-9,14,17-18,24H,10-13,15-16H2,1-2H3,(H,26,27,28). The summed E-state index contributed by atoms with van der Waals surface area (Å²) in [4.78, 5) is 16.0. The molecule has 4 rings (SSSR count). The summed E-state index contributed by atoms with van der Waals surface area (Å²) in [5.74, 6) is 2.43. The van der Waals surface area contributed by atoms with Crippen LogP contribution >= 0.6 is 0 Å². The largest absolute Gasteiger partial charge is 0.362 e. The number of hydrogen-bond acceptors (Lipinski definition) is 6. The van der Waals surface area contributed by atoms with Crippen LogP contribution in [0.1, 0.15) is 31.4 Å². The lowest BCUT2D eigenvalue weighted by Crippen LogP contribution is -2.31. The summed E-state index contributed by atoms with van der Waals surface area (Å²) in [7, 11) is 4.06. The van der Waals surface area contributed by atoms with Crippen LogP contribution in [-0.4, -0.2) is 41.6 Å². The summed E-state index contributed by atoms with van der Waals surface area (Å²) >= 11 is 0. The molecule has 1 aromatic carbocycles. The van der Waals surface area contributed by atoms with Gasteiger partial charge in [0.15, 0.2) is 0 Å². The molecule has 1 fully saturated rings. The Bertz CT molecular complexity index is 919. The molecule has 152 valence electrons. The Labute approximate surface area is 172 Å². The summed E-state index contributed by atoms with van der Waals surface area (Å²) in [6.45, 7) is 1.90. The van der Waals surface area contributed by atoms with Gasteiger partial charge < -0.3 is 15.5 Å². The average Bonchev–Trinajstić information content (AvgIpc) is 2.75. The van der Waals surface area contributed by atoms with E-state index in [-0.39, 0.29) is 0 Å². The van der Waals surface area contributed by atoms with E-state index in [0.717, 1.165) is 60.2 Å². The van der Waals surface area contributed by atoms with E-state index in [1.54, 1.807) is 0 Å². The molecule has 2 aromatic heterocycles. The maximum Gasteiger partial charge on any atom is 0.225 e. The number of hydrogen-bond donors (Lipinski definition) is 2. The fourth-order valence-corrected chi connectivity index (χ4v) is 4.07. The third-order valence-corrected chi connectivity index (χ3v) is 5.65. The molecule has 0 unspecified atom stereocenters. The van der Waals surface area contributed by atoms with E-state index >= 15 is 0 Å². The second-order valence-electron chi connectivity index (χ2n) is 8.10. The van der Waals surface area contributed by atoms with Gasteiger partial charge in [-0.25, -0.2) is 4.98 Å². The maximum absolute atomic E-state index is 4.78. The number of pyridine rings is 1. The van der Waals surface area contributed by atoms with Gasteiger partial charge in [-0.15, -0.1) is 0 Å². The molecule has 6 heteroatoms. The molecule has 2 N–H and O–H groups in total. The second kappa shape index (κ2) is 9.18. The van der Waals surface area contributed by atoms with Crippen LogP contribution < -0.4 is 15.5 Å². The molecule has 0 amide bonds. The van der Waals surface area contributed by atoms with Gasteiger partial charge in [-0.2, -0.15) is 4.98 Å². The first-order valence-electron chi connectivity index (χ1n) is 10.5. The zero-order valence-corrected chi connectivity index (χ0v) is 17.3. The van der Waals surface area contributed by atoms with E-state index < -0.39 is 0 Å². The predicted octanol–water partition coefficient (Wildman–Crippen LogP) is 3.85. The molecule has 0 atom stereocenters. The van der Waals surface area contributed by atoms with Crippen LogP contribution in [0.5, 0.6) is 0 Å². The first kappa shape index (κ1) is 19.6. The number of fused-ring (bicyclic) bond motifs is 1. The molecule has 0 saturated heterocycles. The molecule has 6 nitrogen and oxygen atoms in total. The van der Waals surface area contributed by atoms with Crippen LogP contribution in [0.3, 0.4) is 0 Å². The fourth-order valence-electron chi connectivity index (χ4n) is 4.07. The highest BCUT2D eigenvalue weighted by molar-refractivity contribution is 5.90. The minimum Gasteiger partial charge on any atom is -0.362 e. The Kier molecular flexibility index (Phi) is 6.20. The van der Waals surface area contributed by atoms with E-state index in [0.29, 0.717) is 6.04 Å². The van der Waals surface area contributed by atoms with Gasteiger partial charge in [-0.1, -0.05) is 18.2 Å². The molecule has 3 aromatic rings. The van der Waals surface area contributed by atoms with Gasteiger partial charge in [0, 0.05) is 38.3 Å². The van der Waals surface area contributed by atoms with Gasteiger partial charge in [-0.05, 0) is 62.4 Å². The number of nitrogens with zero attached hydrogens (tertiary/aromatic N) is 4. The zero-order chi connectivity index (χ0) is 20.1. The molecule has 1 aliphatic carbocycles. The molecular formula is C23H30N6. The lowest BCUT2D eigenvalue weighted by molar-refractivity contribution is 0.323. The number of aromatic nitrogens is 3. The molecule has 2 heterocycles. The fraction of sp³-hybridized carbons (Fsp3) is 0.435. The molecule has 1 saturated carbocycles. The summed E-state index contributed by atoms with van der Waals surface area (Å²) < 4.78 is 0. The van der Waals surface area contributed by atoms with Crippen molar-refractivity contribution in [2.24, 2.45) is 5.92 Å². The van der Waals surface area contributed by atoms with E-state index in [4.69, 9.17) is 9.97 Å². The first-order valence-corrected chi connectivity index (χ1v) is 10.5. The smallest absolute Gasteiger partial charge is 0.225 e. The third-order valence-electron chi connectivity index (χ3n) is 5.65. The topological polar surface area (TPSA) is 66.0 Å². The normalized spacial score (nSPS) is 19.2. The Morgan fingerprint density at radius 2 is 1.76 bits per heavy atom. The minimum absolute atomic E-state index is 0.443. The number of anilines is 2. The quantitative estimate of drug-likeness (QED) is 0.639. The van der Waals surface area contributed by atoms with Crippen molar-refractivity contribution in [1.29, 1.82) is 0 Å². The lowest BCUT2D eigenvalue weighted by atomic mass is 9.86. The van der Waals surface area contributed by atoms with Crippen LogP contribution in [0, 0.1) is 5.92 Å². The van der Waals surface area contributed by atoms with E-state index in [1.807, 2.05) is 44.6 Å². The Morgan fingerprint density at radius 1 is 0.966 bits per heavy atom.